The van der Waals surface area contributed by atoms with E-state index in [9.17, 15) is 13.0 Å². The lowest BCUT2D eigenvalue weighted by Gasteiger charge is -2.08. The smallest absolute Gasteiger partial charge is 0.186 e. The number of hydrogen-bond donors (Lipinski definition) is 1. The molecule has 69 valence electrons. The van der Waals surface area contributed by atoms with Crippen LogP contribution in [0.15, 0.2) is 34.6 Å². The summed E-state index contributed by atoms with van der Waals surface area (Å²) in [7, 11) is -5.85. The summed E-state index contributed by atoms with van der Waals surface area (Å²) in [6.07, 6.45) is 1.69. The highest BCUT2D eigenvalue weighted by Gasteiger charge is 2.24. The van der Waals surface area contributed by atoms with Crippen molar-refractivity contribution in [1.29, 1.82) is 0 Å². The van der Waals surface area contributed by atoms with Gasteiger partial charge in [0.25, 0.3) is 0 Å². The molecule has 13 heavy (non-hydrogen) atoms. The van der Waals surface area contributed by atoms with Crippen molar-refractivity contribution in [2.45, 2.75) is 4.90 Å². The second kappa shape index (κ2) is 2.87. The number of thiol groups is 1. The van der Waals surface area contributed by atoms with Gasteiger partial charge in [-0.05, 0) is 23.1 Å². The number of fused-ring (bicyclic) bond motifs is 1. The largest absolute Gasteiger partial charge is 0.336 e. The number of rotatable bonds is 1. The van der Waals surface area contributed by atoms with Gasteiger partial charge < -0.3 is 0 Å². The summed E-state index contributed by atoms with van der Waals surface area (Å²) in [6, 6.07) is 7.06. The Kier molecular flexibility index (Phi) is 1.94. The Labute approximate surface area is 78.6 Å². The first-order valence-electron chi connectivity index (χ1n) is 3.61. The molecule has 3 nitrogen and oxygen atoms in total. The summed E-state index contributed by atoms with van der Waals surface area (Å²) in [5.74, 6) is 0. The summed E-state index contributed by atoms with van der Waals surface area (Å²) < 4.78 is 32.5. The molecule has 0 aliphatic carbocycles. The van der Waals surface area contributed by atoms with Crippen LogP contribution in [0, 0.1) is 0 Å². The van der Waals surface area contributed by atoms with Gasteiger partial charge in [0.1, 0.15) is 0 Å². The molecule has 1 atom stereocenters. The van der Waals surface area contributed by atoms with Crippen LogP contribution < -0.4 is 0 Å². The third-order valence-corrected chi connectivity index (χ3v) is 5.99. The topological polar surface area (TPSA) is 54.0 Å². The lowest BCUT2D eigenvalue weighted by Crippen LogP contribution is -1.93. The molecule has 1 aliphatic heterocycles. The van der Waals surface area contributed by atoms with Gasteiger partial charge in [-0.3, -0.25) is 0 Å². The van der Waals surface area contributed by atoms with Crippen LogP contribution >= 0.6 is 9.93 Å². The molecule has 1 aromatic rings. The maximum Gasteiger partial charge on any atom is 0.336 e. The van der Waals surface area contributed by atoms with E-state index < -0.39 is 19.1 Å². The standard InChI is InChI=1S/C8H7O3S2/c9-13(10,11)12-6-5-7-3-1-2-4-8(7)12/h1-6,12H. The Hall–Kier alpha value is -0.780. The molecule has 1 heterocycles. The Balaban J connectivity index is 2.57. The van der Waals surface area contributed by atoms with Crippen LogP contribution in [-0.2, 0) is 13.7 Å². The summed E-state index contributed by atoms with van der Waals surface area (Å²) in [6.45, 7) is 0. The third-order valence-electron chi connectivity index (χ3n) is 1.80. The van der Waals surface area contributed by atoms with E-state index in [0.717, 1.165) is 5.56 Å². The van der Waals surface area contributed by atoms with Crippen molar-refractivity contribution in [3.8, 4) is 0 Å². The van der Waals surface area contributed by atoms with Crippen LogP contribution in [0.25, 0.3) is 6.08 Å². The minimum absolute atomic E-state index is 0.646. The lowest BCUT2D eigenvalue weighted by atomic mass is 10.2. The minimum Gasteiger partial charge on any atom is -0.186 e. The first-order chi connectivity index (χ1) is 6.09. The Morgan fingerprint density at radius 2 is 1.85 bits per heavy atom. The van der Waals surface area contributed by atoms with Crippen molar-refractivity contribution >= 4 is 25.2 Å². The fourth-order valence-electron chi connectivity index (χ4n) is 1.25. The van der Waals surface area contributed by atoms with Gasteiger partial charge in [-0.15, -0.1) is 0 Å². The summed E-state index contributed by atoms with van der Waals surface area (Å²) in [5, 5.41) is 1.49. The molecule has 0 fully saturated rings. The third kappa shape index (κ3) is 1.50. The zero-order chi connectivity index (χ0) is 9.47. The molecule has 0 amide bonds. The van der Waals surface area contributed by atoms with Crippen LogP contribution in [0.4, 0.5) is 0 Å². The van der Waals surface area contributed by atoms with E-state index >= 15 is 0 Å². The van der Waals surface area contributed by atoms with E-state index in [4.69, 9.17) is 0 Å². The second-order valence-electron chi connectivity index (χ2n) is 2.63. The molecular formula is C8H7O3S2. The maximum atomic E-state index is 10.8. The fraction of sp³-hybridized carbons (Fsp3) is 0. The van der Waals surface area contributed by atoms with Crippen molar-refractivity contribution in [1.82, 2.24) is 0 Å². The summed E-state index contributed by atoms with van der Waals surface area (Å²) in [5.41, 5.74) is 0.841. The van der Waals surface area contributed by atoms with Gasteiger partial charge in [0, 0.05) is 4.90 Å². The van der Waals surface area contributed by atoms with E-state index in [-0.39, 0.29) is 0 Å². The number of benzene rings is 1. The molecule has 0 bridgehead atoms. The van der Waals surface area contributed by atoms with Crippen molar-refractivity contribution in [2.75, 3.05) is 0 Å². The molecular weight excluding hydrogens is 208 g/mol. The predicted molar refractivity (Wildman–Crippen MR) is 52.3 cm³/mol. The molecule has 2 rings (SSSR count). The lowest BCUT2D eigenvalue weighted by molar-refractivity contribution is 0.432. The molecule has 1 radical (unpaired) electrons. The first-order valence-corrected chi connectivity index (χ1v) is 7.04. The Morgan fingerprint density at radius 3 is 2.54 bits per heavy atom. The quantitative estimate of drug-likeness (QED) is 0.572. The van der Waals surface area contributed by atoms with E-state index in [1.165, 1.54) is 5.41 Å². The van der Waals surface area contributed by atoms with E-state index in [0.29, 0.717) is 4.90 Å². The van der Waals surface area contributed by atoms with Gasteiger partial charge in [-0.1, -0.05) is 32.7 Å². The van der Waals surface area contributed by atoms with Crippen LogP contribution in [0.2, 0.25) is 0 Å². The van der Waals surface area contributed by atoms with Gasteiger partial charge in [-0.25, -0.2) is 0 Å². The predicted octanol–water partition coefficient (Wildman–Crippen LogP) is 1.71. The minimum atomic E-state index is -4.19. The van der Waals surface area contributed by atoms with Crippen molar-refractivity contribution in [2.24, 2.45) is 0 Å². The highest BCUT2D eigenvalue weighted by Crippen LogP contribution is 2.49. The SMILES string of the molecule is [O]S(=O)(=O)[SH]1C=Cc2ccccc21. The van der Waals surface area contributed by atoms with Crippen LogP contribution in [0.3, 0.4) is 0 Å². The fourth-order valence-corrected chi connectivity index (χ4v) is 4.59. The van der Waals surface area contributed by atoms with Crippen molar-refractivity contribution < 1.29 is 13.0 Å². The number of hydrogen-bond acceptors (Lipinski definition) is 2. The molecule has 5 heteroatoms. The van der Waals surface area contributed by atoms with Crippen LogP contribution in [0.5, 0.6) is 0 Å². The molecule has 0 saturated carbocycles. The average molecular weight is 215 g/mol. The molecule has 1 unspecified atom stereocenters. The average Bonchev–Trinajstić information content (AvgIpc) is 2.45. The highest BCUT2D eigenvalue weighted by molar-refractivity contribution is 8.80. The summed E-state index contributed by atoms with van der Waals surface area (Å²) >= 11 is 0. The van der Waals surface area contributed by atoms with Gasteiger partial charge in [0.15, 0.2) is 0 Å². The maximum absolute atomic E-state index is 10.8. The summed E-state index contributed by atoms with van der Waals surface area (Å²) in [4.78, 5) is 0.646. The zero-order valence-corrected chi connectivity index (χ0v) is 8.26. The van der Waals surface area contributed by atoms with E-state index in [1.807, 2.05) is 6.07 Å². The monoisotopic (exact) mass is 215 g/mol. The van der Waals surface area contributed by atoms with Gasteiger partial charge in [0.05, 0.1) is 0 Å². The molecule has 0 saturated heterocycles. The van der Waals surface area contributed by atoms with Crippen LogP contribution in [-0.4, -0.2) is 8.42 Å². The molecule has 0 N–H and O–H groups in total. The zero-order valence-electron chi connectivity index (χ0n) is 6.54. The molecule has 1 aromatic carbocycles. The van der Waals surface area contributed by atoms with E-state index in [1.54, 1.807) is 24.3 Å². The van der Waals surface area contributed by atoms with E-state index in [2.05, 4.69) is 0 Å². The normalized spacial score (nSPS) is 23.0. The molecule has 1 aliphatic rings. The first kappa shape index (κ1) is 8.80. The Bertz CT molecular complexity index is 462. The van der Waals surface area contributed by atoms with Crippen molar-refractivity contribution in [3.63, 3.8) is 0 Å². The molecule has 0 aromatic heterocycles. The van der Waals surface area contributed by atoms with Crippen molar-refractivity contribution in [3.05, 3.63) is 35.2 Å². The van der Waals surface area contributed by atoms with Gasteiger partial charge >= 0.3 is 9.15 Å². The Morgan fingerprint density at radius 1 is 1.15 bits per heavy atom. The molecule has 0 spiro atoms. The van der Waals surface area contributed by atoms with Gasteiger partial charge in [0.2, 0.25) is 0 Å². The highest BCUT2D eigenvalue weighted by atomic mass is 33.2. The second-order valence-corrected chi connectivity index (χ2v) is 7.44. The van der Waals surface area contributed by atoms with Crippen LogP contribution in [0.1, 0.15) is 5.56 Å². The van der Waals surface area contributed by atoms with Gasteiger partial charge in [-0.2, -0.15) is 8.42 Å².